The number of fused-ring (bicyclic) bond motifs is 1. The van der Waals surface area contributed by atoms with Crippen molar-refractivity contribution in [2.24, 2.45) is 0 Å². The maximum absolute atomic E-state index is 13.1. The van der Waals surface area contributed by atoms with Gasteiger partial charge in [-0.3, -0.25) is 9.10 Å². The normalized spacial score (nSPS) is 15.5. The van der Waals surface area contributed by atoms with Crippen molar-refractivity contribution in [1.82, 2.24) is 4.90 Å². The summed E-state index contributed by atoms with van der Waals surface area (Å²) in [6.07, 6.45) is 1.47. The van der Waals surface area contributed by atoms with Gasteiger partial charge in [0.2, 0.25) is 0 Å². The summed E-state index contributed by atoms with van der Waals surface area (Å²) < 4.78 is 37.9. The van der Waals surface area contributed by atoms with Crippen LogP contribution < -0.4 is 13.8 Å². The van der Waals surface area contributed by atoms with Crippen LogP contribution in [-0.2, 0) is 14.8 Å². The third-order valence-corrected chi connectivity index (χ3v) is 5.88. The number of hydrogen-bond acceptors (Lipinski definition) is 5. The third kappa shape index (κ3) is 2.97. The number of ether oxygens (including phenoxy) is 2. The monoisotopic (exact) mass is 366 g/mol. The molecule has 25 heavy (non-hydrogen) atoms. The van der Waals surface area contributed by atoms with Gasteiger partial charge in [-0.15, -0.1) is 6.58 Å². The van der Waals surface area contributed by atoms with Gasteiger partial charge < -0.3 is 14.4 Å². The predicted molar refractivity (Wildman–Crippen MR) is 97.3 cm³/mol. The van der Waals surface area contributed by atoms with Gasteiger partial charge in [-0.2, -0.15) is 0 Å². The molecule has 0 radical (unpaired) electrons. The molecule has 2 rings (SSSR count). The summed E-state index contributed by atoms with van der Waals surface area (Å²) in [5.41, 5.74) is 1.39. The van der Waals surface area contributed by atoms with E-state index in [0.29, 0.717) is 28.3 Å². The average molecular weight is 366 g/mol. The number of benzene rings is 1. The molecule has 0 N–H and O–H groups in total. The molecule has 0 fully saturated rings. The Balaban J connectivity index is 2.89. The number of carbonyl (C=O) groups is 1. The number of hydrogen-bond donors (Lipinski definition) is 0. The van der Waals surface area contributed by atoms with Crippen molar-refractivity contribution in [1.29, 1.82) is 0 Å². The standard InChI is InChI=1S/C17H22N2O5S/c1-7-8-19-13-10-15(24-6)14(23-5)9-12(13)11(2)16(25(19,21)22)17(20)18(3)4/h7,9-10H,1,8H2,2-6H3. The molecule has 0 aliphatic carbocycles. The number of sulfonamides is 1. The zero-order valence-electron chi connectivity index (χ0n) is 15.0. The van der Waals surface area contributed by atoms with E-state index in [9.17, 15) is 13.2 Å². The fourth-order valence-corrected chi connectivity index (χ4v) is 4.55. The first-order chi connectivity index (χ1) is 11.7. The predicted octanol–water partition coefficient (Wildman–Crippen LogP) is 1.86. The summed E-state index contributed by atoms with van der Waals surface area (Å²) in [5.74, 6) is 0.280. The third-order valence-electron chi connectivity index (χ3n) is 3.96. The summed E-state index contributed by atoms with van der Waals surface area (Å²) >= 11 is 0. The molecule has 1 amide bonds. The number of allylic oxidation sites excluding steroid dienone is 1. The highest BCUT2D eigenvalue weighted by atomic mass is 32.2. The highest BCUT2D eigenvalue weighted by Crippen LogP contribution is 2.45. The Kier molecular flexibility index (Phi) is 5.12. The Morgan fingerprint density at radius 1 is 1.24 bits per heavy atom. The van der Waals surface area contributed by atoms with Gasteiger partial charge in [0.1, 0.15) is 0 Å². The van der Waals surface area contributed by atoms with E-state index in [-0.39, 0.29) is 11.4 Å². The minimum absolute atomic E-state index is 0.0301. The molecule has 0 unspecified atom stereocenters. The molecule has 0 atom stereocenters. The number of rotatable bonds is 5. The quantitative estimate of drug-likeness (QED) is 0.744. The van der Waals surface area contributed by atoms with Gasteiger partial charge in [0, 0.05) is 25.7 Å². The van der Waals surface area contributed by atoms with Gasteiger partial charge in [-0.1, -0.05) is 6.08 Å². The summed E-state index contributed by atoms with van der Waals surface area (Å²) in [6, 6.07) is 3.27. The molecule has 0 aromatic heterocycles. The molecule has 1 heterocycles. The summed E-state index contributed by atoms with van der Waals surface area (Å²) in [4.78, 5) is 13.5. The van der Waals surface area contributed by atoms with E-state index < -0.39 is 15.9 Å². The lowest BCUT2D eigenvalue weighted by atomic mass is 10.0. The highest BCUT2D eigenvalue weighted by molar-refractivity contribution is 7.97. The molecule has 0 saturated heterocycles. The van der Waals surface area contributed by atoms with Crippen LogP contribution >= 0.6 is 0 Å². The fourth-order valence-electron chi connectivity index (χ4n) is 2.72. The maximum Gasteiger partial charge on any atom is 0.270 e. The Bertz CT molecular complexity index is 856. The van der Waals surface area contributed by atoms with Crippen molar-refractivity contribution in [2.75, 3.05) is 39.2 Å². The summed E-state index contributed by atoms with van der Waals surface area (Å²) in [7, 11) is 1.98. The van der Waals surface area contributed by atoms with Crippen LogP contribution in [0.5, 0.6) is 11.5 Å². The minimum atomic E-state index is -4.02. The summed E-state index contributed by atoms with van der Waals surface area (Å²) in [5, 5.41) is 0. The first-order valence-electron chi connectivity index (χ1n) is 7.53. The van der Waals surface area contributed by atoms with Crippen LogP contribution in [0.1, 0.15) is 12.5 Å². The Morgan fingerprint density at radius 3 is 2.28 bits per heavy atom. The van der Waals surface area contributed by atoms with Crippen LogP contribution in [-0.4, -0.2) is 54.1 Å². The van der Waals surface area contributed by atoms with Crippen LogP contribution in [0.25, 0.3) is 5.57 Å². The van der Waals surface area contributed by atoms with Gasteiger partial charge in [0.25, 0.3) is 15.9 Å². The first-order valence-corrected chi connectivity index (χ1v) is 8.97. The highest BCUT2D eigenvalue weighted by Gasteiger charge is 2.40. The van der Waals surface area contributed by atoms with Gasteiger partial charge in [-0.25, -0.2) is 8.42 Å². The van der Waals surface area contributed by atoms with Crippen molar-refractivity contribution in [3.63, 3.8) is 0 Å². The molecule has 7 nitrogen and oxygen atoms in total. The second kappa shape index (κ2) is 6.79. The Labute approximate surface area is 148 Å². The zero-order valence-corrected chi connectivity index (χ0v) is 15.8. The van der Waals surface area contributed by atoms with Crippen molar-refractivity contribution in [3.8, 4) is 11.5 Å². The molecular formula is C17H22N2O5S. The van der Waals surface area contributed by atoms with E-state index in [0.717, 1.165) is 4.31 Å². The van der Waals surface area contributed by atoms with E-state index in [1.807, 2.05) is 0 Å². The molecule has 0 spiro atoms. The number of methoxy groups -OCH3 is 2. The van der Waals surface area contributed by atoms with Crippen molar-refractivity contribution in [3.05, 3.63) is 35.3 Å². The molecule has 8 heteroatoms. The van der Waals surface area contributed by atoms with Gasteiger partial charge in [0.05, 0.1) is 26.5 Å². The van der Waals surface area contributed by atoms with E-state index in [1.165, 1.54) is 39.3 Å². The number of carbonyl (C=O) groups excluding carboxylic acids is 1. The maximum atomic E-state index is 13.1. The second-order valence-electron chi connectivity index (χ2n) is 5.70. The Morgan fingerprint density at radius 2 is 1.80 bits per heavy atom. The summed E-state index contributed by atoms with van der Waals surface area (Å²) in [6.45, 7) is 5.27. The largest absolute Gasteiger partial charge is 0.493 e. The van der Waals surface area contributed by atoms with Gasteiger partial charge >= 0.3 is 0 Å². The Hall–Kier alpha value is -2.48. The van der Waals surface area contributed by atoms with Gasteiger partial charge in [0.15, 0.2) is 16.4 Å². The lowest BCUT2D eigenvalue weighted by Gasteiger charge is -2.33. The molecule has 0 saturated carbocycles. The number of likely N-dealkylation sites (N-methyl/N-ethyl adjacent to an activating group) is 1. The molecule has 1 aliphatic heterocycles. The molecule has 136 valence electrons. The van der Waals surface area contributed by atoms with E-state index >= 15 is 0 Å². The van der Waals surface area contributed by atoms with Crippen molar-refractivity contribution in [2.45, 2.75) is 6.92 Å². The number of anilines is 1. The van der Waals surface area contributed by atoms with Crippen LogP contribution in [0.15, 0.2) is 29.7 Å². The smallest absolute Gasteiger partial charge is 0.270 e. The minimum Gasteiger partial charge on any atom is -0.493 e. The van der Waals surface area contributed by atoms with Crippen LogP contribution in [0.2, 0.25) is 0 Å². The van der Waals surface area contributed by atoms with Crippen molar-refractivity contribution < 1.29 is 22.7 Å². The lowest BCUT2D eigenvalue weighted by Crippen LogP contribution is -2.41. The number of nitrogens with zero attached hydrogens (tertiary/aromatic N) is 2. The number of amides is 1. The molecular weight excluding hydrogens is 344 g/mol. The van der Waals surface area contributed by atoms with Crippen LogP contribution in [0, 0.1) is 0 Å². The van der Waals surface area contributed by atoms with E-state index in [4.69, 9.17) is 9.47 Å². The zero-order chi connectivity index (χ0) is 18.9. The van der Waals surface area contributed by atoms with E-state index in [1.54, 1.807) is 19.1 Å². The lowest BCUT2D eigenvalue weighted by molar-refractivity contribution is -0.123. The molecule has 1 aromatic carbocycles. The fraction of sp³-hybridized carbons (Fsp3) is 0.353. The van der Waals surface area contributed by atoms with Crippen LogP contribution in [0.3, 0.4) is 0 Å². The van der Waals surface area contributed by atoms with Crippen LogP contribution in [0.4, 0.5) is 5.69 Å². The van der Waals surface area contributed by atoms with Crippen molar-refractivity contribution >= 4 is 27.2 Å². The first kappa shape index (κ1) is 18.9. The molecule has 1 aliphatic rings. The van der Waals surface area contributed by atoms with Gasteiger partial charge in [-0.05, 0) is 18.6 Å². The molecule has 1 aromatic rings. The second-order valence-corrected chi connectivity index (χ2v) is 7.50. The SMILES string of the molecule is C=CCN1c2cc(OC)c(OC)cc2C(C)=C(C(=O)N(C)C)S1(=O)=O. The average Bonchev–Trinajstić information content (AvgIpc) is 2.57. The van der Waals surface area contributed by atoms with E-state index in [2.05, 4.69) is 6.58 Å². The topological polar surface area (TPSA) is 76.2 Å². The molecule has 0 bridgehead atoms.